The normalized spacial score (nSPS) is 17.6. The predicted molar refractivity (Wildman–Crippen MR) is 109 cm³/mol. The van der Waals surface area contributed by atoms with Gasteiger partial charge in [0.2, 0.25) is 5.91 Å². The summed E-state index contributed by atoms with van der Waals surface area (Å²) in [6.07, 6.45) is -0.421. The van der Waals surface area contributed by atoms with Crippen LogP contribution in [-0.4, -0.2) is 34.4 Å². The number of hydrogen-bond acceptors (Lipinski definition) is 7. The Labute approximate surface area is 169 Å². The molecule has 0 saturated heterocycles. The standard InChI is InChI=1S/C19H27N5O5/c1-6-15(21-18(26)29-19(3,4)5)20-13-8-7-12(10-14(13)24(27)28)17-11(2)9-16(25)22-23-17/h7-8,10-11,15,20H,6,9H2,1-5H3,(H,21,26)(H,22,25). The molecule has 3 N–H and O–H groups in total. The maximum absolute atomic E-state index is 12.0. The number of amides is 2. The number of hydrogen-bond donors (Lipinski definition) is 3. The van der Waals surface area contributed by atoms with Crippen molar-refractivity contribution in [3.63, 3.8) is 0 Å². The van der Waals surface area contributed by atoms with E-state index in [1.165, 1.54) is 6.07 Å². The van der Waals surface area contributed by atoms with Crippen LogP contribution in [0.4, 0.5) is 16.2 Å². The Bertz CT molecular complexity index is 831. The zero-order chi connectivity index (χ0) is 21.8. The van der Waals surface area contributed by atoms with Crippen LogP contribution in [0.3, 0.4) is 0 Å². The Morgan fingerprint density at radius 2 is 2.14 bits per heavy atom. The number of nitro groups is 1. The van der Waals surface area contributed by atoms with E-state index in [0.717, 1.165) is 0 Å². The Hall–Kier alpha value is -3.17. The van der Waals surface area contributed by atoms with Gasteiger partial charge in [-0.25, -0.2) is 10.2 Å². The summed E-state index contributed by atoms with van der Waals surface area (Å²) in [5, 5.41) is 21.3. The van der Waals surface area contributed by atoms with Crippen LogP contribution in [0, 0.1) is 16.0 Å². The molecule has 10 nitrogen and oxygen atoms in total. The van der Waals surface area contributed by atoms with E-state index in [2.05, 4.69) is 21.2 Å². The number of rotatable bonds is 6. The fourth-order valence-electron chi connectivity index (χ4n) is 2.84. The number of nitrogens with one attached hydrogen (secondary N) is 3. The topological polar surface area (TPSA) is 135 Å². The smallest absolute Gasteiger partial charge is 0.409 e. The van der Waals surface area contributed by atoms with Crippen molar-refractivity contribution in [2.24, 2.45) is 11.0 Å². The average molecular weight is 405 g/mol. The number of benzene rings is 1. The molecule has 0 bridgehead atoms. The average Bonchev–Trinajstić information content (AvgIpc) is 2.59. The number of nitro benzene ring substituents is 1. The van der Waals surface area contributed by atoms with Crippen LogP contribution < -0.4 is 16.1 Å². The molecular weight excluding hydrogens is 378 g/mol. The second kappa shape index (κ2) is 8.89. The summed E-state index contributed by atoms with van der Waals surface area (Å²) in [5.41, 5.74) is 3.00. The van der Waals surface area contributed by atoms with Gasteiger partial charge in [-0.1, -0.05) is 19.9 Å². The molecule has 2 amide bonds. The molecule has 0 radical (unpaired) electrons. The summed E-state index contributed by atoms with van der Waals surface area (Å²) in [6, 6.07) is 4.68. The SMILES string of the molecule is CCC(NC(=O)OC(C)(C)C)Nc1ccc(C2=NNC(=O)CC2C)cc1[N+](=O)[O-]. The minimum absolute atomic E-state index is 0.153. The Morgan fingerprint density at radius 1 is 1.45 bits per heavy atom. The van der Waals surface area contributed by atoms with Crippen LogP contribution in [0.2, 0.25) is 0 Å². The maximum atomic E-state index is 12.0. The van der Waals surface area contributed by atoms with Crippen molar-refractivity contribution >= 4 is 29.1 Å². The summed E-state index contributed by atoms with van der Waals surface area (Å²) >= 11 is 0. The third-order valence-corrected chi connectivity index (χ3v) is 4.18. The van der Waals surface area contributed by atoms with E-state index in [-0.39, 0.29) is 29.6 Å². The van der Waals surface area contributed by atoms with E-state index in [1.54, 1.807) is 32.9 Å². The van der Waals surface area contributed by atoms with Gasteiger partial charge in [0.1, 0.15) is 17.5 Å². The number of alkyl carbamates (subject to hydrolysis) is 1. The Kier molecular flexibility index (Phi) is 6.78. The molecule has 10 heteroatoms. The van der Waals surface area contributed by atoms with Crippen molar-refractivity contribution in [1.29, 1.82) is 0 Å². The largest absolute Gasteiger partial charge is 0.444 e. The van der Waals surface area contributed by atoms with Gasteiger partial charge >= 0.3 is 6.09 Å². The van der Waals surface area contributed by atoms with Gasteiger partial charge in [-0.15, -0.1) is 0 Å². The van der Waals surface area contributed by atoms with Crippen molar-refractivity contribution in [3.05, 3.63) is 33.9 Å². The first kappa shape index (κ1) is 22.1. The first-order valence-corrected chi connectivity index (χ1v) is 9.41. The first-order chi connectivity index (χ1) is 13.5. The molecule has 0 aliphatic carbocycles. The lowest BCUT2D eigenvalue weighted by Crippen LogP contribution is -2.43. The predicted octanol–water partition coefficient (Wildman–Crippen LogP) is 3.13. The second-order valence-corrected chi connectivity index (χ2v) is 7.88. The lowest BCUT2D eigenvalue weighted by molar-refractivity contribution is -0.384. The number of ether oxygens (including phenoxy) is 1. The van der Waals surface area contributed by atoms with Crippen LogP contribution in [-0.2, 0) is 9.53 Å². The second-order valence-electron chi connectivity index (χ2n) is 7.88. The van der Waals surface area contributed by atoms with Crippen LogP contribution in [0.15, 0.2) is 23.3 Å². The highest BCUT2D eigenvalue weighted by atomic mass is 16.6. The summed E-state index contributed by atoms with van der Waals surface area (Å²) in [6.45, 7) is 8.93. The molecule has 1 heterocycles. The fourth-order valence-corrected chi connectivity index (χ4v) is 2.84. The summed E-state index contributed by atoms with van der Waals surface area (Å²) in [4.78, 5) is 34.5. The minimum atomic E-state index is -0.650. The van der Waals surface area contributed by atoms with E-state index in [1.807, 2.05) is 13.8 Å². The van der Waals surface area contributed by atoms with Gasteiger partial charge in [0, 0.05) is 24.0 Å². The van der Waals surface area contributed by atoms with Crippen molar-refractivity contribution in [2.45, 2.75) is 59.2 Å². The zero-order valence-electron chi connectivity index (χ0n) is 17.2. The zero-order valence-corrected chi connectivity index (χ0v) is 17.2. The molecule has 0 spiro atoms. The van der Waals surface area contributed by atoms with Crippen molar-refractivity contribution in [3.8, 4) is 0 Å². The summed E-state index contributed by atoms with van der Waals surface area (Å²) in [7, 11) is 0. The molecule has 1 aliphatic rings. The van der Waals surface area contributed by atoms with Crippen LogP contribution in [0.1, 0.15) is 53.0 Å². The third-order valence-electron chi connectivity index (χ3n) is 4.18. The Morgan fingerprint density at radius 3 is 2.69 bits per heavy atom. The van der Waals surface area contributed by atoms with E-state index >= 15 is 0 Å². The molecule has 158 valence electrons. The summed E-state index contributed by atoms with van der Waals surface area (Å²) < 4.78 is 5.23. The molecule has 2 unspecified atom stereocenters. The van der Waals surface area contributed by atoms with Gasteiger partial charge in [-0.05, 0) is 33.3 Å². The van der Waals surface area contributed by atoms with Gasteiger partial charge in [0.15, 0.2) is 0 Å². The van der Waals surface area contributed by atoms with Gasteiger partial charge in [0.05, 0.1) is 10.6 Å². The molecule has 0 aromatic heterocycles. The van der Waals surface area contributed by atoms with Gasteiger partial charge in [-0.2, -0.15) is 5.10 Å². The van der Waals surface area contributed by atoms with Crippen molar-refractivity contribution in [2.75, 3.05) is 5.32 Å². The number of nitrogens with zero attached hydrogens (tertiary/aromatic N) is 2. The van der Waals surface area contributed by atoms with Crippen LogP contribution >= 0.6 is 0 Å². The highest BCUT2D eigenvalue weighted by molar-refractivity contribution is 6.06. The molecule has 1 aliphatic heterocycles. The monoisotopic (exact) mass is 405 g/mol. The van der Waals surface area contributed by atoms with E-state index < -0.39 is 22.8 Å². The molecule has 0 saturated carbocycles. The molecule has 0 fully saturated rings. The van der Waals surface area contributed by atoms with E-state index in [4.69, 9.17) is 4.74 Å². The molecule has 2 rings (SSSR count). The third kappa shape index (κ3) is 6.16. The lowest BCUT2D eigenvalue weighted by Gasteiger charge is -2.24. The highest BCUT2D eigenvalue weighted by Gasteiger charge is 2.25. The first-order valence-electron chi connectivity index (χ1n) is 9.41. The number of hydrazone groups is 1. The van der Waals surface area contributed by atoms with Crippen molar-refractivity contribution in [1.82, 2.24) is 10.7 Å². The van der Waals surface area contributed by atoms with Crippen LogP contribution in [0.5, 0.6) is 0 Å². The minimum Gasteiger partial charge on any atom is -0.444 e. The highest BCUT2D eigenvalue weighted by Crippen LogP contribution is 2.28. The van der Waals surface area contributed by atoms with Crippen LogP contribution in [0.25, 0.3) is 0 Å². The molecule has 29 heavy (non-hydrogen) atoms. The molecule has 1 aromatic rings. The quantitative estimate of drug-likeness (QED) is 0.378. The fraction of sp³-hybridized carbons (Fsp3) is 0.526. The number of anilines is 1. The molecule has 2 atom stereocenters. The van der Waals surface area contributed by atoms with Gasteiger partial charge in [-0.3, -0.25) is 14.9 Å². The Balaban J connectivity index is 2.23. The molecular formula is C19H27N5O5. The van der Waals surface area contributed by atoms with Gasteiger partial charge < -0.3 is 15.4 Å². The lowest BCUT2D eigenvalue weighted by atomic mass is 9.93. The molecule has 1 aromatic carbocycles. The van der Waals surface area contributed by atoms with Crippen molar-refractivity contribution < 1.29 is 19.2 Å². The maximum Gasteiger partial charge on any atom is 0.409 e. The summed E-state index contributed by atoms with van der Waals surface area (Å²) in [5.74, 6) is -0.340. The van der Waals surface area contributed by atoms with E-state index in [0.29, 0.717) is 17.7 Å². The van der Waals surface area contributed by atoms with E-state index in [9.17, 15) is 19.7 Å². The number of carbonyl (C=O) groups is 2. The number of carbonyl (C=O) groups excluding carboxylic acids is 2. The van der Waals surface area contributed by atoms with Gasteiger partial charge in [0.25, 0.3) is 5.69 Å².